The molecule has 0 aromatic carbocycles. The fourth-order valence-corrected chi connectivity index (χ4v) is 0. The first-order chi connectivity index (χ1) is 6.33. The Balaban J connectivity index is -0.000000138. The molecule has 0 saturated carbocycles. The summed E-state index contributed by atoms with van der Waals surface area (Å²) < 4.78 is 0. The van der Waals surface area contributed by atoms with Crippen LogP contribution in [-0.4, -0.2) is 17.3 Å². The highest BCUT2D eigenvalue weighted by Gasteiger charge is 1.94. The van der Waals surface area contributed by atoms with Crippen LogP contribution in [0, 0.1) is 0 Å². The quantitative estimate of drug-likeness (QED) is 0.647. The summed E-state index contributed by atoms with van der Waals surface area (Å²) in [5.41, 5.74) is 0. The molecule has 0 amide bonds. The van der Waals surface area contributed by atoms with E-state index in [9.17, 15) is 14.4 Å². The Morgan fingerprint density at radius 2 is 0.929 bits per heavy atom. The van der Waals surface area contributed by atoms with Gasteiger partial charge in [-0.25, -0.2) is 0 Å². The van der Waals surface area contributed by atoms with Crippen LogP contribution in [0.3, 0.4) is 0 Å². The van der Waals surface area contributed by atoms with Gasteiger partial charge in [-0.15, -0.1) is 0 Å². The molecule has 0 aromatic rings. The monoisotopic (exact) mass is 202 g/mol. The van der Waals surface area contributed by atoms with Gasteiger partial charge in [0.1, 0.15) is 5.78 Å². The van der Waals surface area contributed by atoms with E-state index in [1.54, 1.807) is 6.92 Å². The van der Waals surface area contributed by atoms with Crippen LogP contribution in [-0.2, 0) is 14.4 Å². The Kier molecular flexibility index (Phi) is 19.4. The average molecular weight is 202 g/mol. The molecule has 0 N–H and O–H groups in total. The molecule has 0 radical (unpaired) electrons. The Morgan fingerprint density at radius 3 is 0.929 bits per heavy atom. The van der Waals surface area contributed by atoms with Crippen LogP contribution in [0.5, 0.6) is 0 Å². The second-order valence-electron chi connectivity index (χ2n) is 2.88. The maximum absolute atomic E-state index is 9.81. The number of rotatable bonds is 2. The van der Waals surface area contributed by atoms with Gasteiger partial charge in [0.05, 0.1) is 0 Å². The van der Waals surface area contributed by atoms with Crippen molar-refractivity contribution in [3.05, 3.63) is 0 Å². The van der Waals surface area contributed by atoms with Gasteiger partial charge in [-0.05, 0) is 6.92 Å². The van der Waals surface area contributed by atoms with Crippen LogP contribution in [0.4, 0.5) is 0 Å². The summed E-state index contributed by atoms with van der Waals surface area (Å²) in [6, 6.07) is 0. The third-order valence-electron chi connectivity index (χ3n) is 0.994. The molecule has 3 heteroatoms. The minimum atomic E-state index is -0.380. The second kappa shape index (κ2) is 14.5. The first-order valence-electron chi connectivity index (χ1n) is 4.84. The minimum absolute atomic E-state index is 0.255. The molecular weight excluding hydrogens is 180 g/mol. The zero-order valence-electron chi connectivity index (χ0n) is 10.1. The SMILES string of the molecule is CC(=O)C(C)=O.CCC.CCC(C)=O. The van der Waals surface area contributed by atoms with Crippen LogP contribution < -0.4 is 0 Å². The Morgan fingerprint density at radius 1 is 0.786 bits per heavy atom. The number of carbonyl (C=O) groups is 3. The van der Waals surface area contributed by atoms with E-state index in [1.807, 2.05) is 6.92 Å². The molecule has 0 bridgehead atoms. The molecule has 0 unspecified atom stereocenters. The van der Waals surface area contributed by atoms with E-state index in [1.165, 1.54) is 20.3 Å². The van der Waals surface area contributed by atoms with Crippen LogP contribution in [0.2, 0.25) is 0 Å². The molecule has 0 aliphatic heterocycles. The van der Waals surface area contributed by atoms with Gasteiger partial charge in [-0.3, -0.25) is 9.59 Å². The molecule has 84 valence electrons. The van der Waals surface area contributed by atoms with Crippen molar-refractivity contribution in [1.29, 1.82) is 0 Å². The van der Waals surface area contributed by atoms with Crippen molar-refractivity contribution in [3.8, 4) is 0 Å². The molecule has 14 heavy (non-hydrogen) atoms. The van der Waals surface area contributed by atoms with E-state index >= 15 is 0 Å². The zero-order chi connectivity index (χ0) is 12.1. The highest BCUT2D eigenvalue weighted by Crippen LogP contribution is 1.71. The Labute approximate surface area is 86.9 Å². The topological polar surface area (TPSA) is 51.2 Å². The molecular formula is C11H22O3. The average Bonchev–Trinajstić information content (AvgIpc) is 2.06. The van der Waals surface area contributed by atoms with E-state index in [0.717, 1.165) is 0 Å². The number of carbonyl (C=O) groups excluding carboxylic acids is 3. The highest BCUT2D eigenvalue weighted by molar-refractivity contribution is 6.35. The largest absolute Gasteiger partial charge is 0.300 e. The Bertz CT molecular complexity index is 159. The van der Waals surface area contributed by atoms with Crippen LogP contribution in [0.15, 0.2) is 0 Å². The minimum Gasteiger partial charge on any atom is -0.300 e. The third-order valence-corrected chi connectivity index (χ3v) is 0.994. The summed E-state index contributed by atoms with van der Waals surface area (Å²) in [7, 11) is 0. The number of hydrogen-bond acceptors (Lipinski definition) is 3. The third kappa shape index (κ3) is 44.0. The van der Waals surface area contributed by atoms with Gasteiger partial charge in [-0.1, -0.05) is 27.2 Å². The van der Waals surface area contributed by atoms with Crippen molar-refractivity contribution in [3.63, 3.8) is 0 Å². The molecule has 0 fully saturated rings. The van der Waals surface area contributed by atoms with E-state index < -0.39 is 0 Å². The molecule has 0 aliphatic rings. The molecule has 0 saturated heterocycles. The van der Waals surface area contributed by atoms with Gasteiger partial charge < -0.3 is 4.79 Å². The van der Waals surface area contributed by atoms with Gasteiger partial charge in [0, 0.05) is 20.3 Å². The van der Waals surface area contributed by atoms with Crippen LogP contribution in [0.1, 0.15) is 54.4 Å². The highest BCUT2D eigenvalue weighted by atomic mass is 16.2. The maximum Gasteiger partial charge on any atom is 0.195 e. The van der Waals surface area contributed by atoms with Gasteiger partial charge in [0.2, 0.25) is 0 Å². The van der Waals surface area contributed by atoms with Crippen molar-refractivity contribution in [1.82, 2.24) is 0 Å². The maximum atomic E-state index is 9.81. The predicted octanol–water partition coefficient (Wildman–Crippen LogP) is 2.57. The number of ketones is 3. The lowest BCUT2D eigenvalue weighted by atomic mass is 10.3. The molecule has 0 heterocycles. The van der Waals surface area contributed by atoms with Crippen molar-refractivity contribution >= 4 is 17.3 Å². The lowest BCUT2D eigenvalue weighted by Crippen LogP contribution is -2.01. The number of Topliss-reactive ketones (excluding diaryl/α,β-unsaturated/α-hetero) is 3. The van der Waals surface area contributed by atoms with Gasteiger partial charge in [0.25, 0.3) is 0 Å². The summed E-state index contributed by atoms with van der Waals surface area (Å²) >= 11 is 0. The molecule has 0 aliphatic carbocycles. The lowest BCUT2D eigenvalue weighted by Gasteiger charge is -1.73. The lowest BCUT2D eigenvalue weighted by molar-refractivity contribution is -0.134. The summed E-state index contributed by atoms with van der Waals surface area (Å²) in [5.74, 6) is -0.505. The van der Waals surface area contributed by atoms with E-state index in [2.05, 4.69) is 13.8 Å². The fraction of sp³-hybridized carbons (Fsp3) is 0.727. The van der Waals surface area contributed by atoms with Crippen molar-refractivity contribution < 1.29 is 14.4 Å². The van der Waals surface area contributed by atoms with Crippen molar-refractivity contribution in [2.45, 2.75) is 54.4 Å². The predicted molar refractivity (Wildman–Crippen MR) is 58.3 cm³/mol. The van der Waals surface area contributed by atoms with Crippen LogP contribution >= 0.6 is 0 Å². The molecule has 0 spiro atoms. The van der Waals surface area contributed by atoms with E-state index in [-0.39, 0.29) is 17.3 Å². The van der Waals surface area contributed by atoms with Gasteiger partial charge in [0.15, 0.2) is 11.6 Å². The molecule has 0 aromatic heterocycles. The second-order valence-corrected chi connectivity index (χ2v) is 2.88. The van der Waals surface area contributed by atoms with Crippen LogP contribution in [0.25, 0.3) is 0 Å². The molecule has 0 rings (SSSR count). The first-order valence-corrected chi connectivity index (χ1v) is 4.84. The smallest absolute Gasteiger partial charge is 0.195 e. The molecule has 0 atom stereocenters. The van der Waals surface area contributed by atoms with Crippen molar-refractivity contribution in [2.75, 3.05) is 0 Å². The van der Waals surface area contributed by atoms with E-state index in [0.29, 0.717) is 6.42 Å². The summed E-state index contributed by atoms with van der Waals surface area (Å²) in [4.78, 5) is 29.4. The summed E-state index contributed by atoms with van der Waals surface area (Å²) in [6.07, 6.45) is 1.92. The summed E-state index contributed by atoms with van der Waals surface area (Å²) in [5, 5.41) is 0. The normalized spacial score (nSPS) is 7.29. The Hall–Kier alpha value is -0.990. The number of hydrogen-bond donors (Lipinski definition) is 0. The standard InChI is InChI=1S/C4H6O2.C4H8O.C3H8/c1-3(5)4(2)6;1-3-4(2)5;1-3-2/h1-2H3;3H2,1-2H3;3H2,1-2H3. The zero-order valence-corrected chi connectivity index (χ0v) is 10.1. The van der Waals surface area contributed by atoms with E-state index in [4.69, 9.17) is 0 Å². The fourth-order valence-electron chi connectivity index (χ4n) is 0. The molecule has 3 nitrogen and oxygen atoms in total. The first kappa shape index (κ1) is 18.7. The van der Waals surface area contributed by atoms with Gasteiger partial charge in [-0.2, -0.15) is 0 Å². The van der Waals surface area contributed by atoms with Crippen molar-refractivity contribution in [2.24, 2.45) is 0 Å². The summed E-state index contributed by atoms with van der Waals surface area (Å²) in [6.45, 7) is 10.2. The van der Waals surface area contributed by atoms with Gasteiger partial charge >= 0.3 is 0 Å².